The summed E-state index contributed by atoms with van der Waals surface area (Å²) in [5, 5.41) is 7.88. The van der Waals surface area contributed by atoms with Gasteiger partial charge >= 0.3 is 0 Å². The first-order chi connectivity index (χ1) is 14.5. The number of rotatable bonds is 6. The number of sulfonamides is 1. The molecule has 3 heterocycles. The van der Waals surface area contributed by atoms with Crippen LogP contribution in [-0.4, -0.2) is 97.4 Å². The van der Waals surface area contributed by atoms with Crippen molar-refractivity contribution in [2.75, 3.05) is 52.6 Å². The van der Waals surface area contributed by atoms with Crippen LogP contribution in [0.25, 0.3) is 11.0 Å². The number of nitrogens with zero attached hydrogens (tertiary/aromatic N) is 5. The summed E-state index contributed by atoms with van der Waals surface area (Å²) in [6.07, 6.45) is 0.863. The van der Waals surface area contributed by atoms with E-state index < -0.39 is 10.0 Å². The minimum atomic E-state index is -3.67. The second kappa shape index (κ2) is 8.84. The van der Waals surface area contributed by atoms with Crippen LogP contribution in [0.15, 0.2) is 23.1 Å². The molecular weight excluding hydrogens is 414 g/mol. The average Bonchev–Trinajstić information content (AvgIpc) is 3.20. The van der Waals surface area contributed by atoms with Gasteiger partial charge in [0.1, 0.15) is 11.0 Å². The number of morpholine rings is 2. The summed E-state index contributed by atoms with van der Waals surface area (Å²) >= 11 is 0. The van der Waals surface area contributed by atoms with Crippen molar-refractivity contribution in [3.63, 3.8) is 0 Å². The molecule has 1 unspecified atom stereocenters. The Hall–Kier alpha value is -2.28. The van der Waals surface area contributed by atoms with Gasteiger partial charge in [-0.15, -0.1) is 5.10 Å². The van der Waals surface area contributed by atoms with E-state index in [1.54, 1.807) is 11.0 Å². The molecule has 1 amide bonds. The second-order valence-corrected chi connectivity index (χ2v) is 9.08. The monoisotopic (exact) mass is 439 g/mol. The van der Waals surface area contributed by atoms with Crippen LogP contribution in [0.4, 0.5) is 0 Å². The molecule has 2 fully saturated rings. The van der Waals surface area contributed by atoms with Gasteiger partial charge in [-0.05, 0) is 29.8 Å². The molecule has 0 radical (unpaired) electrons. The summed E-state index contributed by atoms with van der Waals surface area (Å²) in [4.78, 5) is 21.0. The maximum absolute atomic E-state index is 12.9. The van der Waals surface area contributed by atoms with E-state index in [4.69, 9.17) is 14.3 Å². The number of carbonyl (C=O) groups is 1. The van der Waals surface area contributed by atoms with Crippen molar-refractivity contribution >= 4 is 27.0 Å². The van der Waals surface area contributed by atoms with Crippen LogP contribution in [-0.2, 0) is 24.3 Å². The normalized spacial score (nSPS) is 21.1. The molecule has 1 atom stereocenters. The van der Waals surface area contributed by atoms with Gasteiger partial charge in [-0.3, -0.25) is 4.79 Å². The SMILES string of the molecule is CCC1CN(C(=O)COn2nnc3ccc(S(=O)(=O)N4CCOCC4)cc32)CCO1. The Morgan fingerprint density at radius 2 is 2.03 bits per heavy atom. The lowest BCUT2D eigenvalue weighted by molar-refractivity contribution is -0.144. The Morgan fingerprint density at radius 1 is 1.23 bits per heavy atom. The van der Waals surface area contributed by atoms with Crippen molar-refractivity contribution in [3.8, 4) is 0 Å². The number of hydrogen-bond acceptors (Lipinski definition) is 8. The molecule has 2 aliphatic heterocycles. The number of fused-ring (bicyclic) bond motifs is 1. The molecule has 0 spiro atoms. The number of ether oxygens (including phenoxy) is 2. The largest absolute Gasteiger partial charge is 0.385 e. The van der Waals surface area contributed by atoms with E-state index >= 15 is 0 Å². The van der Waals surface area contributed by atoms with E-state index in [0.717, 1.165) is 11.3 Å². The van der Waals surface area contributed by atoms with Crippen LogP contribution >= 0.6 is 0 Å². The quantitative estimate of drug-likeness (QED) is 0.593. The predicted octanol–water partition coefficient (Wildman–Crippen LogP) is -0.482. The van der Waals surface area contributed by atoms with Gasteiger partial charge in [0.05, 0.1) is 30.8 Å². The molecule has 30 heavy (non-hydrogen) atoms. The fraction of sp³-hybridized carbons (Fsp3) is 0.611. The van der Waals surface area contributed by atoms with Crippen molar-refractivity contribution < 1.29 is 27.5 Å². The van der Waals surface area contributed by atoms with Gasteiger partial charge in [0.2, 0.25) is 10.0 Å². The van der Waals surface area contributed by atoms with Gasteiger partial charge in [0.25, 0.3) is 5.91 Å². The minimum absolute atomic E-state index is 0.0304. The topological polar surface area (TPSA) is 116 Å². The summed E-state index contributed by atoms with van der Waals surface area (Å²) in [6.45, 7) is 4.67. The van der Waals surface area contributed by atoms with E-state index in [1.165, 1.54) is 16.4 Å². The fourth-order valence-corrected chi connectivity index (χ4v) is 4.90. The number of carbonyl (C=O) groups excluding carboxylic acids is 1. The third-order valence-electron chi connectivity index (χ3n) is 5.25. The molecule has 164 valence electrons. The van der Waals surface area contributed by atoms with Gasteiger partial charge in [0, 0.05) is 26.2 Å². The van der Waals surface area contributed by atoms with Gasteiger partial charge in [0.15, 0.2) is 6.61 Å². The molecule has 11 nitrogen and oxygen atoms in total. The first kappa shape index (κ1) is 21.0. The zero-order valence-electron chi connectivity index (χ0n) is 16.8. The molecular formula is C18H25N5O6S. The molecule has 0 aliphatic carbocycles. The molecule has 0 bridgehead atoms. The number of amides is 1. The van der Waals surface area contributed by atoms with Crippen LogP contribution in [0, 0.1) is 0 Å². The second-order valence-electron chi connectivity index (χ2n) is 7.14. The number of hydrogen-bond donors (Lipinski definition) is 0. The molecule has 2 aromatic rings. The summed E-state index contributed by atoms with van der Waals surface area (Å²) in [6, 6.07) is 4.54. The third kappa shape index (κ3) is 4.26. The van der Waals surface area contributed by atoms with E-state index in [9.17, 15) is 13.2 Å². The van der Waals surface area contributed by atoms with Crippen LogP contribution in [0.5, 0.6) is 0 Å². The highest BCUT2D eigenvalue weighted by Gasteiger charge is 2.27. The lowest BCUT2D eigenvalue weighted by Gasteiger charge is -2.32. The molecule has 1 aromatic carbocycles. The highest BCUT2D eigenvalue weighted by molar-refractivity contribution is 7.89. The highest BCUT2D eigenvalue weighted by Crippen LogP contribution is 2.21. The summed E-state index contributed by atoms with van der Waals surface area (Å²) in [7, 11) is -3.67. The summed E-state index contributed by atoms with van der Waals surface area (Å²) in [5.74, 6) is -0.183. The minimum Gasteiger partial charge on any atom is -0.385 e. The zero-order valence-corrected chi connectivity index (χ0v) is 17.6. The maximum atomic E-state index is 12.9. The van der Waals surface area contributed by atoms with Crippen LogP contribution in [0.2, 0.25) is 0 Å². The van der Waals surface area contributed by atoms with E-state index in [0.29, 0.717) is 57.0 Å². The van der Waals surface area contributed by atoms with Crippen LogP contribution in [0.3, 0.4) is 0 Å². The maximum Gasteiger partial charge on any atom is 0.263 e. The smallest absolute Gasteiger partial charge is 0.263 e. The summed E-state index contributed by atoms with van der Waals surface area (Å²) < 4.78 is 38.0. The highest BCUT2D eigenvalue weighted by atomic mass is 32.2. The van der Waals surface area contributed by atoms with Crippen molar-refractivity contribution in [1.29, 1.82) is 0 Å². The Bertz CT molecular complexity index is 1000. The van der Waals surface area contributed by atoms with E-state index in [1.807, 2.05) is 6.92 Å². The Morgan fingerprint density at radius 3 is 2.80 bits per heavy atom. The first-order valence-electron chi connectivity index (χ1n) is 9.95. The van der Waals surface area contributed by atoms with Crippen LogP contribution in [0.1, 0.15) is 13.3 Å². The number of benzene rings is 1. The van der Waals surface area contributed by atoms with Crippen molar-refractivity contribution in [1.82, 2.24) is 24.4 Å². The molecule has 0 saturated carbocycles. The molecule has 2 aliphatic rings. The third-order valence-corrected chi connectivity index (χ3v) is 7.15. The predicted molar refractivity (Wildman–Crippen MR) is 105 cm³/mol. The molecule has 4 rings (SSSR count). The fourth-order valence-electron chi connectivity index (χ4n) is 3.47. The van der Waals surface area contributed by atoms with Gasteiger partial charge in [-0.25, -0.2) is 8.42 Å². The lowest BCUT2D eigenvalue weighted by Crippen LogP contribution is -2.47. The van der Waals surface area contributed by atoms with Crippen molar-refractivity contribution in [3.05, 3.63) is 18.2 Å². The van der Waals surface area contributed by atoms with Gasteiger partial charge in [-0.2, -0.15) is 4.31 Å². The molecule has 2 saturated heterocycles. The van der Waals surface area contributed by atoms with Gasteiger partial charge < -0.3 is 19.2 Å². The van der Waals surface area contributed by atoms with Crippen LogP contribution < -0.4 is 4.84 Å². The van der Waals surface area contributed by atoms with Gasteiger partial charge in [-0.1, -0.05) is 11.8 Å². The Labute approximate surface area is 174 Å². The average molecular weight is 439 g/mol. The van der Waals surface area contributed by atoms with Crippen molar-refractivity contribution in [2.24, 2.45) is 0 Å². The first-order valence-corrected chi connectivity index (χ1v) is 11.4. The zero-order chi connectivity index (χ0) is 21.1. The molecule has 12 heteroatoms. The molecule has 1 aromatic heterocycles. The van der Waals surface area contributed by atoms with Crippen molar-refractivity contribution in [2.45, 2.75) is 24.3 Å². The number of aromatic nitrogens is 3. The standard InChI is InChI=1S/C18H25N5O6S/c1-2-14-12-21(5-10-28-14)18(24)13-29-23-17-11-15(3-4-16(17)19-20-23)30(25,26)22-6-8-27-9-7-22/h3-4,11,14H,2,5-10,12-13H2,1H3. The lowest BCUT2D eigenvalue weighted by atomic mass is 10.2. The summed E-state index contributed by atoms with van der Waals surface area (Å²) in [5.41, 5.74) is 0.853. The Balaban J connectivity index is 1.48. The Kier molecular flexibility index (Phi) is 6.18. The van der Waals surface area contributed by atoms with E-state index in [2.05, 4.69) is 10.3 Å². The molecule has 0 N–H and O–H groups in total. The van der Waals surface area contributed by atoms with E-state index in [-0.39, 0.29) is 23.5 Å².